The van der Waals surface area contributed by atoms with E-state index in [2.05, 4.69) is 28.6 Å². The lowest BCUT2D eigenvalue weighted by Gasteiger charge is -1.96. The van der Waals surface area contributed by atoms with Crippen LogP contribution in [0.3, 0.4) is 0 Å². The zero-order valence-electron chi connectivity index (χ0n) is 5.75. The van der Waals surface area contributed by atoms with Crippen molar-refractivity contribution in [2.24, 2.45) is 9.98 Å². The van der Waals surface area contributed by atoms with Crippen molar-refractivity contribution in [1.82, 2.24) is 5.32 Å². The Hall–Kier alpha value is -1.16. The highest BCUT2D eigenvalue weighted by Crippen LogP contribution is 1.75. The van der Waals surface area contributed by atoms with Crippen LogP contribution in [0.2, 0.25) is 0 Å². The number of nitrogens with zero attached hydrogens (tertiary/aromatic N) is 2. The molecular weight excluding hydrogens is 130 g/mol. The van der Waals surface area contributed by atoms with E-state index in [0.29, 0.717) is 12.5 Å². The van der Waals surface area contributed by atoms with E-state index in [0.717, 1.165) is 0 Å². The summed E-state index contributed by atoms with van der Waals surface area (Å²) in [5.74, 6) is 0.379. The third-order valence-corrected chi connectivity index (χ3v) is 0.743. The molecule has 10 heavy (non-hydrogen) atoms. The van der Waals surface area contributed by atoms with Crippen molar-refractivity contribution in [1.29, 1.82) is 0 Å². The van der Waals surface area contributed by atoms with Gasteiger partial charge in [0.05, 0.1) is 13.2 Å². The fourth-order valence-corrected chi connectivity index (χ4v) is 0.388. The third-order valence-electron chi connectivity index (χ3n) is 0.743. The Morgan fingerprint density at radius 3 is 2.80 bits per heavy atom. The number of hydrogen-bond donors (Lipinski definition) is 2. The standard InChI is InChI=1S/C6H11N3O/c1-3-8-6(7-2)9-4-5-10/h3,10H,1-2,4-5H2,(H,8,9). The van der Waals surface area contributed by atoms with Gasteiger partial charge in [-0.1, -0.05) is 6.58 Å². The van der Waals surface area contributed by atoms with Gasteiger partial charge < -0.3 is 10.4 Å². The maximum absolute atomic E-state index is 8.36. The SMILES string of the molecule is C=CNC(N=C)=NCCO. The molecule has 0 saturated carbocycles. The molecule has 0 fully saturated rings. The normalized spacial score (nSPS) is 10.7. The summed E-state index contributed by atoms with van der Waals surface area (Å²) in [5, 5.41) is 11.0. The zero-order chi connectivity index (χ0) is 7.82. The fourth-order valence-electron chi connectivity index (χ4n) is 0.388. The summed E-state index contributed by atoms with van der Waals surface area (Å²) in [5.41, 5.74) is 0. The average molecular weight is 141 g/mol. The molecule has 0 aromatic carbocycles. The van der Waals surface area contributed by atoms with E-state index in [1.54, 1.807) is 0 Å². The van der Waals surface area contributed by atoms with Crippen molar-refractivity contribution in [3.05, 3.63) is 12.8 Å². The van der Waals surface area contributed by atoms with Gasteiger partial charge in [-0.25, -0.2) is 9.98 Å². The minimum Gasteiger partial charge on any atom is -0.394 e. The number of nitrogens with one attached hydrogen (secondary N) is 1. The second kappa shape index (κ2) is 5.97. The molecule has 0 aromatic heterocycles. The quantitative estimate of drug-likeness (QED) is 0.421. The molecule has 0 aliphatic carbocycles. The monoisotopic (exact) mass is 141 g/mol. The number of aliphatic imine (C=N–C) groups is 2. The highest BCUT2D eigenvalue weighted by atomic mass is 16.3. The van der Waals surface area contributed by atoms with Gasteiger partial charge in [-0.3, -0.25) is 0 Å². The predicted octanol–water partition coefficient (Wildman–Crippen LogP) is -0.232. The van der Waals surface area contributed by atoms with Crippen LogP contribution in [-0.4, -0.2) is 30.9 Å². The van der Waals surface area contributed by atoms with E-state index >= 15 is 0 Å². The van der Waals surface area contributed by atoms with Crippen LogP contribution in [0.5, 0.6) is 0 Å². The van der Waals surface area contributed by atoms with Crippen molar-refractivity contribution in [3.8, 4) is 0 Å². The number of rotatable bonds is 3. The van der Waals surface area contributed by atoms with Crippen LogP contribution in [0, 0.1) is 0 Å². The molecule has 0 aliphatic heterocycles. The summed E-state index contributed by atoms with van der Waals surface area (Å²) in [6.07, 6.45) is 1.45. The van der Waals surface area contributed by atoms with Gasteiger partial charge in [-0.2, -0.15) is 0 Å². The Labute approximate surface area is 60.0 Å². The largest absolute Gasteiger partial charge is 0.394 e. The van der Waals surface area contributed by atoms with Crippen LogP contribution in [0.25, 0.3) is 0 Å². The lowest BCUT2D eigenvalue weighted by molar-refractivity contribution is 0.306. The minimum absolute atomic E-state index is 0.0117. The Morgan fingerprint density at radius 1 is 1.70 bits per heavy atom. The van der Waals surface area contributed by atoms with Gasteiger partial charge in [0.15, 0.2) is 0 Å². The van der Waals surface area contributed by atoms with Gasteiger partial charge in [0.1, 0.15) is 0 Å². The fraction of sp³-hybridized carbons (Fsp3) is 0.333. The first-order valence-corrected chi connectivity index (χ1v) is 2.84. The zero-order valence-corrected chi connectivity index (χ0v) is 5.75. The highest BCUT2D eigenvalue weighted by Gasteiger charge is 1.86. The summed E-state index contributed by atoms with van der Waals surface area (Å²) in [4.78, 5) is 7.33. The van der Waals surface area contributed by atoms with E-state index in [9.17, 15) is 0 Å². The molecule has 0 spiro atoms. The predicted molar refractivity (Wildman–Crippen MR) is 42.3 cm³/mol. The molecule has 2 N–H and O–H groups in total. The molecule has 0 saturated heterocycles. The summed E-state index contributed by atoms with van der Waals surface area (Å²) in [6.45, 7) is 7.01. The molecule has 0 bridgehead atoms. The third kappa shape index (κ3) is 3.80. The van der Waals surface area contributed by atoms with E-state index in [1.807, 2.05) is 0 Å². The number of aliphatic hydroxyl groups is 1. The molecule has 0 atom stereocenters. The molecule has 4 nitrogen and oxygen atoms in total. The van der Waals surface area contributed by atoms with Gasteiger partial charge >= 0.3 is 0 Å². The molecule has 0 unspecified atom stereocenters. The van der Waals surface area contributed by atoms with Crippen LogP contribution in [-0.2, 0) is 0 Å². The Balaban J connectivity index is 3.77. The van der Waals surface area contributed by atoms with Crippen molar-refractivity contribution in [2.75, 3.05) is 13.2 Å². The van der Waals surface area contributed by atoms with Gasteiger partial charge in [0.2, 0.25) is 5.96 Å². The van der Waals surface area contributed by atoms with Crippen molar-refractivity contribution < 1.29 is 5.11 Å². The number of hydrogen-bond acceptors (Lipinski definition) is 2. The van der Waals surface area contributed by atoms with Crippen molar-refractivity contribution >= 4 is 12.7 Å². The van der Waals surface area contributed by atoms with Gasteiger partial charge in [0.25, 0.3) is 0 Å². The topological polar surface area (TPSA) is 57.0 Å². The van der Waals surface area contributed by atoms with Crippen molar-refractivity contribution in [3.63, 3.8) is 0 Å². The van der Waals surface area contributed by atoms with Crippen molar-refractivity contribution in [2.45, 2.75) is 0 Å². The van der Waals surface area contributed by atoms with Crippen LogP contribution in [0.4, 0.5) is 0 Å². The van der Waals surface area contributed by atoms with Crippen LogP contribution in [0.1, 0.15) is 0 Å². The molecule has 0 aromatic rings. The molecule has 4 heteroatoms. The Bertz CT molecular complexity index is 142. The number of aliphatic hydroxyl groups excluding tert-OH is 1. The molecule has 0 radical (unpaired) electrons. The summed E-state index contributed by atoms with van der Waals surface area (Å²) < 4.78 is 0. The molecule has 0 amide bonds. The first kappa shape index (κ1) is 8.84. The first-order chi connectivity index (χ1) is 4.85. The van der Waals surface area contributed by atoms with Crippen LogP contribution >= 0.6 is 0 Å². The molecule has 0 heterocycles. The molecule has 0 rings (SSSR count). The molecule has 56 valence electrons. The minimum atomic E-state index is 0.0117. The van der Waals surface area contributed by atoms with Gasteiger partial charge in [0, 0.05) is 0 Å². The lowest BCUT2D eigenvalue weighted by Crippen LogP contribution is -2.14. The van der Waals surface area contributed by atoms with Crippen LogP contribution < -0.4 is 5.32 Å². The maximum Gasteiger partial charge on any atom is 0.221 e. The van der Waals surface area contributed by atoms with Gasteiger partial charge in [-0.05, 0) is 12.9 Å². The summed E-state index contributed by atoms with van der Waals surface area (Å²) >= 11 is 0. The summed E-state index contributed by atoms with van der Waals surface area (Å²) in [7, 11) is 0. The van der Waals surface area contributed by atoms with Gasteiger partial charge in [-0.15, -0.1) is 0 Å². The van der Waals surface area contributed by atoms with E-state index < -0.39 is 0 Å². The molecule has 0 aliphatic rings. The number of guanidine groups is 1. The lowest BCUT2D eigenvalue weighted by atomic mass is 10.7. The average Bonchev–Trinajstić information content (AvgIpc) is 1.98. The molecular formula is C6H11N3O. The Morgan fingerprint density at radius 2 is 2.40 bits per heavy atom. The second-order valence-electron chi connectivity index (χ2n) is 1.44. The Kier molecular flexibility index (Phi) is 5.28. The van der Waals surface area contributed by atoms with E-state index in [-0.39, 0.29) is 6.61 Å². The van der Waals surface area contributed by atoms with E-state index in [1.165, 1.54) is 6.20 Å². The smallest absolute Gasteiger partial charge is 0.221 e. The highest BCUT2D eigenvalue weighted by molar-refractivity contribution is 5.84. The second-order valence-corrected chi connectivity index (χ2v) is 1.44. The first-order valence-electron chi connectivity index (χ1n) is 2.84. The van der Waals surface area contributed by atoms with Crippen LogP contribution in [0.15, 0.2) is 22.8 Å². The maximum atomic E-state index is 8.36. The summed E-state index contributed by atoms with van der Waals surface area (Å²) in [6, 6.07) is 0. The van der Waals surface area contributed by atoms with E-state index in [4.69, 9.17) is 5.11 Å².